The van der Waals surface area contributed by atoms with E-state index in [9.17, 15) is 22.8 Å². The van der Waals surface area contributed by atoms with Crippen molar-refractivity contribution in [2.45, 2.75) is 57.8 Å². The van der Waals surface area contributed by atoms with Crippen LogP contribution in [0, 0.1) is 0 Å². The molecular weight excluding hydrogens is 565 g/mol. The Balaban J connectivity index is 1.47. The Morgan fingerprint density at radius 3 is 1.81 bits per heavy atom. The molecule has 0 atom stereocenters. The minimum Gasteiger partial charge on any atom is -0.454 e. The monoisotopic (exact) mass is 600 g/mol. The van der Waals surface area contributed by atoms with Gasteiger partial charge in [-0.1, -0.05) is 49.2 Å². The van der Waals surface area contributed by atoms with Crippen LogP contribution in [0.5, 0.6) is 6.01 Å². The van der Waals surface area contributed by atoms with Gasteiger partial charge in [0.25, 0.3) is 0 Å². The van der Waals surface area contributed by atoms with Crippen LogP contribution >= 0.6 is 0 Å². The van der Waals surface area contributed by atoms with Gasteiger partial charge < -0.3 is 31.3 Å². The molecule has 230 valence electrons. The van der Waals surface area contributed by atoms with E-state index in [4.69, 9.17) is 4.74 Å². The summed E-state index contributed by atoms with van der Waals surface area (Å²) in [6.45, 7) is 0.257. The van der Waals surface area contributed by atoms with Crippen molar-refractivity contribution in [1.29, 1.82) is 0 Å². The summed E-state index contributed by atoms with van der Waals surface area (Å²) in [5, 5.41) is 14.3. The van der Waals surface area contributed by atoms with E-state index < -0.39 is 18.8 Å². The van der Waals surface area contributed by atoms with Gasteiger partial charge in [0, 0.05) is 38.3 Å². The molecule has 6 rings (SSSR count). The second-order valence-corrected chi connectivity index (χ2v) is 10.0. The highest BCUT2D eigenvalue weighted by Gasteiger charge is 2.29. The van der Waals surface area contributed by atoms with Gasteiger partial charge >= 0.3 is 24.2 Å². The molecular formula is C29H35F3N8O3. The number of aromatic nitrogens is 3. The summed E-state index contributed by atoms with van der Waals surface area (Å²) < 4.78 is 43.2. The first kappa shape index (κ1) is 31.3. The third-order valence-electron chi connectivity index (χ3n) is 6.48. The standard InChI is InChI=1S/C29H35F3N8O3/c30-29(31,32)19-43-28-39-24-14-11-20-5-7-21(8-6-20)17-35-26(41)33-15-3-1-2-4-16-34-27(42)36-18-22-9-12-23(13-10-22)37-25(38-24)40-28/h5-10,12-13H,1-4,11,14-19H2,(H2,33,35,41)(H2,34,36,42)(H,37,38,39,40). The van der Waals surface area contributed by atoms with Gasteiger partial charge in [0.2, 0.25) is 5.95 Å². The number of nitrogens with zero attached hydrogens (tertiary/aromatic N) is 3. The number of nitrogens with one attached hydrogen (secondary N) is 5. The smallest absolute Gasteiger partial charge is 0.422 e. The highest BCUT2D eigenvalue weighted by atomic mass is 19.4. The maximum absolute atomic E-state index is 12.8. The predicted octanol–water partition coefficient (Wildman–Crippen LogP) is 4.51. The highest BCUT2D eigenvalue weighted by Crippen LogP contribution is 2.20. The first-order valence-electron chi connectivity index (χ1n) is 14.1. The van der Waals surface area contributed by atoms with Crippen LogP contribution in [0.15, 0.2) is 48.5 Å². The molecule has 1 aromatic heterocycles. The Morgan fingerprint density at radius 2 is 1.23 bits per heavy atom. The van der Waals surface area contributed by atoms with Crippen LogP contribution in [-0.4, -0.2) is 52.9 Å². The Morgan fingerprint density at radius 1 is 0.674 bits per heavy atom. The van der Waals surface area contributed by atoms with Gasteiger partial charge in [-0.2, -0.15) is 28.1 Å². The Bertz CT molecular complexity index is 1340. The predicted molar refractivity (Wildman–Crippen MR) is 154 cm³/mol. The molecule has 0 fully saturated rings. The van der Waals surface area contributed by atoms with Crippen molar-refractivity contribution in [2.24, 2.45) is 0 Å². The van der Waals surface area contributed by atoms with Crippen LogP contribution in [0.4, 0.5) is 34.4 Å². The summed E-state index contributed by atoms with van der Waals surface area (Å²) in [6, 6.07) is 13.8. The van der Waals surface area contributed by atoms with Gasteiger partial charge in [0.05, 0.1) is 0 Å². The zero-order valence-corrected chi connectivity index (χ0v) is 23.6. The van der Waals surface area contributed by atoms with E-state index in [0.717, 1.165) is 42.4 Å². The quantitative estimate of drug-likeness (QED) is 0.291. The molecule has 14 heteroatoms. The lowest BCUT2D eigenvalue weighted by atomic mass is 10.1. The number of carbonyl (C=O) groups excluding carboxylic acids is 2. The maximum atomic E-state index is 12.8. The molecule has 11 nitrogen and oxygen atoms in total. The van der Waals surface area contributed by atoms with Gasteiger partial charge in [-0.05, 0) is 48.1 Å². The first-order chi connectivity index (χ1) is 20.7. The molecule has 0 saturated carbocycles. The van der Waals surface area contributed by atoms with Crippen LogP contribution in [0.1, 0.15) is 48.2 Å². The molecule has 5 N–H and O–H groups in total. The summed E-state index contributed by atoms with van der Waals surface area (Å²) in [4.78, 5) is 36.7. The lowest BCUT2D eigenvalue weighted by Crippen LogP contribution is -2.35. The molecule has 0 spiro atoms. The summed E-state index contributed by atoms with van der Waals surface area (Å²) in [7, 11) is 0. The number of hydrogen-bond donors (Lipinski definition) is 5. The Kier molecular flexibility index (Phi) is 11.3. The number of carbonyl (C=O) groups is 2. The fraction of sp³-hybridized carbons (Fsp3) is 0.414. The molecule has 4 heterocycles. The lowest BCUT2D eigenvalue weighted by molar-refractivity contribution is -0.154. The molecule has 6 bridgehead atoms. The largest absolute Gasteiger partial charge is 0.454 e. The molecule has 0 unspecified atom stereocenters. The minimum absolute atomic E-state index is 0.0419. The van der Waals surface area contributed by atoms with Gasteiger partial charge in [-0.15, -0.1) is 0 Å². The molecule has 3 aliphatic heterocycles. The second-order valence-electron chi connectivity index (χ2n) is 10.0. The van der Waals surface area contributed by atoms with E-state index in [1.54, 1.807) is 24.3 Å². The highest BCUT2D eigenvalue weighted by molar-refractivity contribution is 5.74. The van der Waals surface area contributed by atoms with Crippen LogP contribution in [0.2, 0.25) is 0 Å². The molecule has 43 heavy (non-hydrogen) atoms. The lowest BCUT2D eigenvalue weighted by Gasteiger charge is -2.12. The molecule has 3 aromatic rings. The number of amides is 4. The van der Waals surface area contributed by atoms with Crippen LogP contribution < -0.4 is 31.3 Å². The van der Waals surface area contributed by atoms with E-state index >= 15 is 0 Å². The molecule has 2 aromatic carbocycles. The topological polar surface area (TPSA) is 142 Å². The molecule has 0 aliphatic carbocycles. The number of urea groups is 2. The van der Waals surface area contributed by atoms with Gasteiger partial charge in [-0.3, -0.25) is 0 Å². The molecule has 4 amide bonds. The van der Waals surface area contributed by atoms with Gasteiger partial charge in [0.1, 0.15) is 5.82 Å². The average molecular weight is 601 g/mol. The minimum atomic E-state index is -4.55. The number of anilines is 2. The van der Waals surface area contributed by atoms with E-state index in [-0.39, 0.29) is 23.8 Å². The number of fused-ring (bicyclic) bond motifs is 2. The number of halogens is 3. The zero-order valence-electron chi connectivity index (χ0n) is 23.6. The van der Waals surface area contributed by atoms with Crippen molar-refractivity contribution >= 4 is 23.7 Å². The SMILES string of the molecule is O=C1NCCCCCCNC(=O)NCc2ccc(cc2)Nc2nc(nc(OCC(F)(F)F)n2)CCc2ccc(cc2)CN1. The Labute approximate surface area is 247 Å². The van der Waals surface area contributed by atoms with Crippen molar-refractivity contribution in [3.8, 4) is 6.01 Å². The zero-order chi connectivity index (χ0) is 30.5. The van der Waals surface area contributed by atoms with E-state index in [1.165, 1.54) is 0 Å². The van der Waals surface area contributed by atoms with Gasteiger partial charge in [-0.25, -0.2) is 9.59 Å². The fourth-order valence-electron chi connectivity index (χ4n) is 4.19. The number of hydrogen-bond acceptors (Lipinski definition) is 7. The van der Waals surface area contributed by atoms with Crippen LogP contribution in [0.25, 0.3) is 0 Å². The van der Waals surface area contributed by atoms with E-state index in [2.05, 4.69) is 41.5 Å². The van der Waals surface area contributed by atoms with Crippen molar-refractivity contribution in [1.82, 2.24) is 36.2 Å². The first-order valence-corrected chi connectivity index (χ1v) is 14.1. The summed E-state index contributed by atoms with van der Waals surface area (Å²) in [5.41, 5.74) is 3.33. The van der Waals surface area contributed by atoms with Crippen molar-refractivity contribution in [3.63, 3.8) is 0 Å². The van der Waals surface area contributed by atoms with Crippen molar-refractivity contribution < 1.29 is 27.5 Å². The van der Waals surface area contributed by atoms with Crippen LogP contribution in [0.3, 0.4) is 0 Å². The summed E-state index contributed by atoms with van der Waals surface area (Å²) >= 11 is 0. The third kappa shape index (κ3) is 11.6. The Hall–Kier alpha value is -4.62. The van der Waals surface area contributed by atoms with Crippen molar-refractivity contribution in [3.05, 3.63) is 71.0 Å². The normalized spacial score (nSPS) is 16.0. The van der Waals surface area contributed by atoms with Crippen molar-refractivity contribution in [2.75, 3.05) is 25.0 Å². The van der Waals surface area contributed by atoms with Crippen LogP contribution in [-0.2, 0) is 25.9 Å². The third-order valence-corrected chi connectivity index (χ3v) is 6.48. The second kappa shape index (κ2) is 15.6. The number of benzene rings is 2. The maximum Gasteiger partial charge on any atom is 0.422 e. The average Bonchev–Trinajstić information content (AvgIpc) is 2.98. The van der Waals surface area contributed by atoms with E-state index in [1.807, 2.05) is 24.3 Å². The molecule has 0 radical (unpaired) electrons. The number of ether oxygens (including phenoxy) is 1. The number of alkyl halides is 3. The number of rotatable bonds is 2. The molecule has 0 saturated heterocycles. The summed E-state index contributed by atoms with van der Waals surface area (Å²) in [6.07, 6.45) is -0.151. The molecule has 3 aliphatic rings. The number of aryl methyl sites for hydroxylation is 2. The fourth-order valence-corrected chi connectivity index (χ4v) is 4.19. The summed E-state index contributed by atoms with van der Waals surface area (Å²) in [5.74, 6) is 0.303. The van der Waals surface area contributed by atoms with Gasteiger partial charge in [0.15, 0.2) is 6.61 Å². The van der Waals surface area contributed by atoms with E-state index in [0.29, 0.717) is 44.7 Å².